The van der Waals surface area contributed by atoms with Gasteiger partial charge in [0.25, 0.3) is 0 Å². The molecule has 0 atom stereocenters. The molecule has 0 aromatic heterocycles. The van der Waals surface area contributed by atoms with Gasteiger partial charge in [0.15, 0.2) is 0 Å². The molecule has 0 heterocycles. The lowest BCUT2D eigenvalue weighted by Crippen LogP contribution is -2.13. The van der Waals surface area contributed by atoms with Crippen LogP contribution in [0.15, 0.2) is 22.7 Å². The van der Waals surface area contributed by atoms with Crippen LogP contribution in [0.4, 0.5) is 5.69 Å². The van der Waals surface area contributed by atoms with Crippen LogP contribution in [0.5, 0.6) is 0 Å². The van der Waals surface area contributed by atoms with Crippen molar-refractivity contribution >= 4 is 38.8 Å². The van der Waals surface area contributed by atoms with E-state index < -0.39 is 0 Å². The minimum absolute atomic E-state index is 0.385. The fourth-order valence-electron chi connectivity index (χ4n) is 1.34. The molecular weight excluding hydrogens is 316 g/mol. The van der Waals surface area contributed by atoms with Crippen LogP contribution in [0.2, 0.25) is 0 Å². The Morgan fingerprint density at radius 1 is 1.39 bits per heavy atom. The van der Waals surface area contributed by atoms with E-state index in [0.29, 0.717) is 24.8 Å². The zero-order valence-corrected chi connectivity index (χ0v) is 12.6. The lowest BCUT2D eigenvalue weighted by molar-refractivity contribution is 0.0759. The summed E-state index contributed by atoms with van der Waals surface area (Å²) in [6.45, 7) is 2.61. The Kier molecular flexibility index (Phi) is 7.19. The molecule has 0 amide bonds. The van der Waals surface area contributed by atoms with E-state index in [1.54, 1.807) is 7.11 Å². The number of thiocarbonyl (C=S) groups is 1. The summed E-state index contributed by atoms with van der Waals surface area (Å²) in [5.74, 6) is 0. The molecule has 0 aliphatic heterocycles. The van der Waals surface area contributed by atoms with E-state index in [2.05, 4.69) is 21.2 Å². The van der Waals surface area contributed by atoms with Gasteiger partial charge in [-0.2, -0.15) is 0 Å². The molecule has 4 nitrogen and oxygen atoms in total. The molecule has 18 heavy (non-hydrogen) atoms. The molecule has 100 valence electrons. The molecule has 0 bridgehead atoms. The summed E-state index contributed by atoms with van der Waals surface area (Å²) in [7, 11) is 1.66. The molecule has 0 aliphatic carbocycles. The number of hydrogen-bond acceptors (Lipinski definition) is 4. The number of anilines is 1. The van der Waals surface area contributed by atoms with Crippen LogP contribution in [0.1, 0.15) is 5.56 Å². The normalized spacial score (nSPS) is 10.3. The predicted octanol–water partition coefficient (Wildman–Crippen LogP) is 2.16. The highest BCUT2D eigenvalue weighted by molar-refractivity contribution is 9.10. The van der Waals surface area contributed by atoms with Crippen molar-refractivity contribution < 1.29 is 9.47 Å². The number of nitrogens with one attached hydrogen (secondary N) is 1. The Bertz CT molecular complexity index is 402. The summed E-state index contributed by atoms with van der Waals surface area (Å²) in [5.41, 5.74) is 7.42. The molecular formula is C12H17BrN2O2S. The van der Waals surface area contributed by atoms with E-state index in [9.17, 15) is 0 Å². The summed E-state index contributed by atoms with van der Waals surface area (Å²) in [6, 6.07) is 5.78. The van der Waals surface area contributed by atoms with Crippen molar-refractivity contribution in [2.45, 2.75) is 0 Å². The molecule has 1 aromatic carbocycles. The molecule has 1 aromatic rings. The molecule has 6 heteroatoms. The van der Waals surface area contributed by atoms with E-state index in [4.69, 9.17) is 27.4 Å². The van der Waals surface area contributed by atoms with Crippen molar-refractivity contribution in [1.82, 2.24) is 0 Å². The van der Waals surface area contributed by atoms with Crippen LogP contribution in [-0.4, -0.2) is 38.5 Å². The van der Waals surface area contributed by atoms with E-state index in [-0.39, 0.29) is 0 Å². The van der Waals surface area contributed by atoms with Crippen LogP contribution in [0.25, 0.3) is 0 Å². The van der Waals surface area contributed by atoms with Gasteiger partial charge in [-0.1, -0.05) is 12.2 Å². The Labute approximate surface area is 121 Å². The second-order valence-corrected chi connectivity index (χ2v) is 4.88. The molecule has 0 aliphatic rings. The first-order valence-electron chi connectivity index (χ1n) is 5.55. The lowest BCUT2D eigenvalue weighted by atomic mass is 10.2. The third-order valence-electron chi connectivity index (χ3n) is 2.24. The second-order valence-electron chi connectivity index (χ2n) is 3.59. The van der Waals surface area contributed by atoms with Crippen LogP contribution in [-0.2, 0) is 9.47 Å². The topological polar surface area (TPSA) is 56.5 Å². The van der Waals surface area contributed by atoms with Crippen LogP contribution in [0, 0.1) is 0 Å². The molecule has 0 saturated carbocycles. The first-order valence-corrected chi connectivity index (χ1v) is 6.75. The minimum atomic E-state index is 0.385. The zero-order chi connectivity index (χ0) is 13.4. The average Bonchev–Trinajstić information content (AvgIpc) is 2.33. The molecule has 1 rings (SSSR count). The Balaban J connectivity index is 2.35. The zero-order valence-electron chi connectivity index (χ0n) is 10.2. The van der Waals surface area contributed by atoms with Crippen LogP contribution >= 0.6 is 28.1 Å². The number of hydrogen-bond donors (Lipinski definition) is 2. The van der Waals surface area contributed by atoms with Crippen molar-refractivity contribution in [3.8, 4) is 0 Å². The maximum Gasteiger partial charge on any atom is 0.105 e. The summed E-state index contributed by atoms with van der Waals surface area (Å²) >= 11 is 8.37. The summed E-state index contributed by atoms with van der Waals surface area (Å²) in [5, 5.41) is 3.25. The number of methoxy groups -OCH3 is 1. The quantitative estimate of drug-likeness (QED) is 0.564. The average molecular weight is 333 g/mol. The number of rotatable bonds is 8. The van der Waals surface area contributed by atoms with Gasteiger partial charge in [-0.15, -0.1) is 0 Å². The highest BCUT2D eigenvalue weighted by Gasteiger charge is 2.03. The second kappa shape index (κ2) is 8.42. The standard InChI is InChI=1S/C12H17BrN2O2S/c1-16-6-7-17-5-4-15-9-2-3-10(12(14)18)11(13)8-9/h2-3,8,15H,4-7H2,1H3,(H2,14,18). The third kappa shape index (κ3) is 5.30. The highest BCUT2D eigenvalue weighted by atomic mass is 79.9. The van der Waals surface area contributed by atoms with Gasteiger partial charge in [0.2, 0.25) is 0 Å². The van der Waals surface area contributed by atoms with Gasteiger partial charge in [0.1, 0.15) is 4.99 Å². The maximum absolute atomic E-state index is 5.58. The first-order chi connectivity index (χ1) is 8.65. The Hall–Kier alpha value is -0.690. The molecule has 0 spiro atoms. The van der Waals surface area contributed by atoms with Crippen LogP contribution in [0.3, 0.4) is 0 Å². The maximum atomic E-state index is 5.58. The third-order valence-corrected chi connectivity index (χ3v) is 3.12. The molecule has 0 radical (unpaired) electrons. The largest absolute Gasteiger partial charge is 0.389 e. The van der Waals surface area contributed by atoms with E-state index in [1.807, 2.05) is 18.2 Å². The number of ether oxygens (including phenoxy) is 2. The van der Waals surface area contributed by atoms with Crippen molar-refractivity contribution in [3.05, 3.63) is 28.2 Å². The number of benzene rings is 1. The number of halogens is 1. The van der Waals surface area contributed by atoms with Crippen LogP contribution < -0.4 is 11.1 Å². The van der Waals surface area contributed by atoms with Gasteiger partial charge >= 0.3 is 0 Å². The van der Waals surface area contributed by atoms with E-state index in [1.165, 1.54) is 0 Å². The fraction of sp³-hybridized carbons (Fsp3) is 0.417. The van der Waals surface area contributed by atoms with Crippen molar-refractivity contribution in [2.75, 3.05) is 38.8 Å². The van der Waals surface area contributed by atoms with Gasteiger partial charge < -0.3 is 20.5 Å². The fourth-order valence-corrected chi connectivity index (χ4v) is 2.24. The van der Waals surface area contributed by atoms with Gasteiger partial charge in [0.05, 0.1) is 19.8 Å². The van der Waals surface area contributed by atoms with E-state index >= 15 is 0 Å². The summed E-state index contributed by atoms with van der Waals surface area (Å²) in [4.78, 5) is 0.385. The highest BCUT2D eigenvalue weighted by Crippen LogP contribution is 2.21. The van der Waals surface area contributed by atoms with Gasteiger partial charge in [0, 0.05) is 29.4 Å². The van der Waals surface area contributed by atoms with Gasteiger partial charge in [-0.05, 0) is 34.1 Å². The predicted molar refractivity (Wildman–Crippen MR) is 81.2 cm³/mol. The first kappa shape index (κ1) is 15.4. The van der Waals surface area contributed by atoms with Crippen molar-refractivity contribution in [3.63, 3.8) is 0 Å². The molecule has 3 N–H and O–H groups in total. The summed E-state index contributed by atoms with van der Waals surface area (Å²) in [6.07, 6.45) is 0. The molecule has 0 unspecified atom stereocenters. The number of nitrogens with two attached hydrogens (primary N) is 1. The van der Waals surface area contributed by atoms with Gasteiger partial charge in [-0.25, -0.2) is 0 Å². The molecule has 0 saturated heterocycles. The smallest absolute Gasteiger partial charge is 0.105 e. The van der Waals surface area contributed by atoms with E-state index in [0.717, 1.165) is 22.3 Å². The summed E-state index contributed by atoms with van der Waals surface area (Å²) < 4.78 is 11.1. The Morgan fingerprint density at radius 2 is 2.17 bits per heavy atom. The van der Waals surface area contributed by atoms with Crippen molar-refractivity contribution in [1.29, 1.82) is 0 Å². The monoisotopic (exact) mass is 332 g/mol. The lowest BCUT2D eigenvalue weighted by Gasteiger charge is -2.09. The minimum Gasteiger partial charge on any atom is -0.389 e. The SMILES string of the molecule is COCCOCCNc1ccc(C(N)=S)c(Br)c1. The molecule has 0 fully saturated rings. The van der Waals surface area contributed by atoms with Gasteiger partial charge in [-0.3, -0.25) is 0 Å². The Morgan fingerprint density at radius 3 is 2.78 bits per heavy atom. The van der Waals surface area contributed by atoms with Crippen molar-refractivity contribution in [2.24, 2.45) is 5.73 Å².